The Morgan fingerprint density at radius 2 is 1.85 bits per heavy atom. The van der Waals surface area contributed by atoms with Crippen LogP contribution in [0.3, 0.4) is 0 Å². The minimum atomic E-state index is -0.563. The van der Waals surface area contributed by atoms with Crippen LogP contribution in [-0.2, 0) is 14.4 Å². The number of hydrogen-bond donors (Lipinski definition) is 1. The molecule has 0 fully saturated rings. The van der Waals surface area contributed by atoms with E-state index in [9.17, 15) is 14.4 Å². The highest BCUT2D eigenvalue weighted by atomic mass is 31.0. The van der Waals surface area contributed by atoms with Gasteiger partial charge in [0.2, 0.25) is 5.91 Å². The Bertz CT molecular complexity index is 230. The molecule has 6 heteroatoms. The third-order valence-corrected chi connectivity index (χ3v) is 2.09. The first-order chi connectivity index (χ1) is 5.93. The van der Waals surface area contributed by atoms with Gasteiger partial charge in [0.15, 0.2) is 5.52 Å². The van der Waals surface area contributed by atoms with Crippen LogP contribution in [0, 0.1) is 0 Å². The molecule has 0 aromatic carbocycles. The van der Waals surface area contributed by atoms with E-state index in [0.717, 1.165) is 0 Å². The van der Waals surface area contributed by atoms with Crippen LogP contribution in [-0.4, -0.2) is 23.0 Å². The topological polar surface area (TPSA) is 63.2 Å². The summed E-state index contributed by atoms with van der Waals surface area (Å²) in [5.41, 5.74) is -0.275. The second-order valence-electron chi connectivity index (χ2n) is 2.66. The van der Waals surface area contributed by atoms with Crippen molar-refractivity contribution in [3.8, 4) is 0 Å². The van der Waals surface area contributed by atoms with Gasteiger partial charge >= 0.3 is 0 Å². The Morgan fingerprint density at radius 3 is 2.15 bits per heavy atom. The lowest BCUT2D eigenvalue weighted by Gasteiger charge is -2.12. The highest BCUT2D eigenvalue weighted by molar-refractivity contribution is 7.40. The lowest BCUT2D eigenvalue weighted by molar-refractivity contribution is -0.123. The van der Waals surface area contributed by atoms with Crippen molar-refractivity contribution in [1.82, 2.24) is 5.32 Å². The predicted octanol–water partition coefficient (Wildman–Crippen LogP) is 0.0747. The van der Waals surface area contributed by atoms with E-state index >= 15 is 0 Å². The molecule has 0 bridgehead atoms. The summed E-state index contributed by atoms with van der Waals surface area (Å²) in [6, 6.07) is -0.563. The van der Waals surface area contributed by atoms with Crippen LogP contribution in [0.2, 0.25) is 0 Å². The van der Waals surface area contributed by atoms with E-state index in [1.807, 2.05) is 18.5 Å². The molecule has 0 radical (unpaired) electrons. The molecule has 13 heavy (non-hydrogen) atoms. The minimum absolute atomic E-state index is 0.0680. The normalized spacial score (nSPS) is 11.9. The Kier molecular flexibility index (Phi) is 6.02. The first-order valence-electron chi connectivity index (χ1n) is 3.78. The predicted molar refractivity (Wildman–Crippen MR) is 56.3 cm³/mol. The van der Waals surface area contributed by atoms with Gasteiger partial charge in [0.1, 0.15) is 5.52 Å². The Balaban J connectivity index is 4.02. The summed E-state index contributed by atoms with van der Waals surface area (Å²) in [6.07, 6.45) is 0.625. The van der Waals surface area contributed by atoms with Gasteiger partial charge in [-0.15, -0.1) is 0 Å². The van der Waals surface area contributed by atoms with Gasteiger partial charge in [-0.2, -0.15) is 0 Å². The molecule has 0 spiro atoms. The molecule has 0 aromatic rings. The van der Waals surface area contributed by atoms with Crippen LogP contribution in [0.1, 0.15) is 19.8 Å². The molecule has 0 aliphatic carbocycles. The maximum Gasteiger partial charge on any atom is 0.217 e. The van der Waals surface area contributed by atoms with Crippen molar-refractivity contribution in [2.45, 2.75) is 25.8 Å². The first-order valence-corrected chi connectivity index (χ1v) is 4.93. The van der Waals surface area contributed by atoms with Gasteiger partial charge < -0.3 is 5.32 Å². The maximum absolute atomic E-state index is 10.9. The second kappa shape index (κ2) is 6.17. The van der Waals surface area contributed by atoms with E-state index in [1.54, 1.807) is 0 Å². The molecule has 0 saturated carbocycles. The number of carbonyl (C=O) groups is 3. The average Bonchev–Trinajstić information content (AvgIpc) is 1.96. The summed E-state index contributed by atoms with van der Waals surface area (Å²) >= 11 is 0. The van der Waals surface area contributed by atoms with Crippen molar-refractivity contribution in [2.75, 3.05) is 0 Å². The van der Waals surface area contributed by atoms with Crippen LogP contribution in [0.25, 0.3) is 0 Å². The fourth-order valence-electron chi connectivity index (χ4n) is 0.818. The average molecular weight is 221 g/mol. The van der Waals surface area contributed by atoms with Crippen molar-refractivity contribution in [2.24, 2.45) is 0 Å². The van der Waals surface area contributed by atoms with E-state index in [4.69, 9.17) is 0 Å². The standard InChI is InChI=1S/C7H13NO3P2/c1-4(9)8-5(7(11)13)2-3-6(10)12/h5H,2-3,12-13H2,1H3,(H,8,9). The van der Waals surface area contributed by atoms with Crippen molar-refractivity contribution in [1.29, 1.82) is 0 Å². The molecule has 0 aromatic heterocycles. The zero-order valence-corrected chi connectivity index (χ0v) is 9.68. The van der Waals surface area contributed by atoms with E-state index in [1.165, 1.54) is 6.92 Å². The van der Waals surface area contributed by atoms with Crippen molar-refractivity contribution in [3.63, 3.8) is 0 Å². The molecule has 1 N–H and O–H groups in total. The SMILES string of the molecule is CC(=O)NC(CCC(=O)P)C(=O)P. The van der Waals surface area contributed by atoms with Crippen LogP contribution < -0.4 is 5.32 Å². The molecular weight excluding hydrogens is 208 g/mol. The van der Waals surface area contributed by atoms with Gasteiger partial charge in [0.25, 0.3) is 0 Å². The van der Waals surface area contributed by atoms with E-state index < -0.39 is 6.04 Å². The summed E-state index contributed by atoms with van der Waals surface area (Å²) in [7, 11) is 4.03. The third kappa shape index (κ3) is 6.80. The molecule has 4 nitrogen and oxygen atoms in total. The minimum Gasteiger partial charge on any atom is -0.346 e. The lowest BCUT2D eigenvalue weighted by atomic mass is 10.2. The van der Waals surface area contributed by atoms with E-state index in [0.29, 0.717) is 6.42 Å². The largest absolute Gasteiger partial charge is 0.346 e. The quantitative estimate of drug-likeness (QED) is 0.668. The van der Waals surface area contributed by atoms with Gasteiger partial charge in [-0.1, -0.05) is 18.5 Å². The molecule has 3 unspecified atom stereocenters. The summed E-state index contributed by atoms with van der Waals surface area (Å²) in [4.78, 5) is 32.2. The third-order valence-electron chi connectivity index (χ3n) is 1.40. The zero-order valence-electron chi connectivity index (χ0n) is 7.37. The maximum atomic E-state index is 10.9. The Morgan fingerprint density at radius 1 is 1.31 bits per heavy atom. The highest BCUT2D eigenvalue weighted by Crippen LogP contribution is 2.06. The van der Waals surface area contributed by atoms with Crippen molar-refractivity contribution in [3.05, 3.63) is 0 Å². The molecule has 0 saturated heterocycles. The molecule has 0 aliphatic heterocycles. The Hall–Kier alpha value is -0.330. The van der Waals surface area contributed by atoms with Crippen LogP contribution >= 0.6 is 18.5 Å². The van der Waals surface area contributed by atoms with E-state index in [-0.39, 0.29) is 23.4 Å². The second-order valence-corrected chi connectivity index (χ2v) is 3.87. The number of rotatable bonds is 5. The number of amides is 1. The molecule has 3 atom stereocenters. The molecule has 74 valence electrons. The Labute approximate surface area is 81.6 Å². The van der Waals surface area contributed by atoms with Gasteiger partial charge in [-0.3, -0.25) is 14.4 Å². The number of carbonyl (C=O) groups excluding carboxylic acids is 3. The zero-order chi connectivity index (χ0) is 10.4. The summed E-state index contributed by atoms with van der Waals surface area (Å²) in [5, 5.41) is 2.46. The van der Waals surface area contributed by atoms with Crippen LogP contribution in [0.4, 0.5) is 0 Å². The summed E-state index contributed by atoms with van der Waals surface area (Å²) < 4.78 is 0. The highest BCUT2D eigenvalue weighted by Gasteiger charge is 2.15. The summed E-state index contributed by atoms with van der Waals surface area (Å²) in [6.45, 7) is 1.34. The van der Waals surface area contributed by atoms with Gasteiger partial charge in [-0.25, -0.2) is 0 Å². The molecule has 0 heterocycles. The van der Waals surface area contributed by atoms with Crippen molar-refractivity contribution < 1.29 is 14.4 Å². The number of nitrogens with one attached hydrogen (secondary N) is 1. The molecule has 0 rings (SSSR count). The first kappa shape index (κ1) is 12.7. The molecule has 1 amide bonds. The van der Waals surface area contributed by atoms with Crippen LogP contribution in [0.5, 0.6) is 0 Å². The monoisotopic (exact) mass is 221 g/mol. The smallest absolute Gasteiger partial charge is 0.217 e. The van der Waals surface area contributed by atoms with Gasteiger partial charge in [0, 0.05) is 13.3 Å². The molecular formula is C7H13NO3P2. The van der Waals surface area contributed by atoms with Crippen molar-refractivity contribution >= 4 is 35.4 Å². The fraction of sp³-hybridized carbons (Fsp3) is 0.571. The fourth-order valence-corrected chi connectivity index (χ4v) is 1.23. The number of hydrogen-bond acceptors (Lipinski definition) is 3. The van der Waals surface area contributed by atoms with E-state index in [2.05, 4.69) is 5.32 Å². The van der Waals surface area contributed by atoms with Crippen LogP contribution in [0.15, 0.2) is 0 Å². The summed E-state index contributed by atoms with van der Waals surface area (Å²) in [5.74, 6) is -0.267. The lowest BCUT2D eigenvalue weighted by Crippen LogP contribution is -2.37. The van der Waals surface area contributed by atoms with Gasteiger partial charge in [0.05, 0.1) is 6.04 Å². The molecule has 0 aliphatic rings. The van der Waals surface area contributed by atoms with Gasteiger partial charge in [-0.05, 0) is 6.42 Å².